The summed E-state index contributed by atoms with van der Waals surface area (Å²) in [7, 11) is 0. The molecule has 0 aliphatic carbocycles. The molecule has 0 bridgehead atoms. The minimum Gasteiger partial charge on any atom is -0.347 e. The molecule has 25 heavy (non-hydrogen) atoms. The van der Waals surface area contributed by atoms with Crippen molar-refractivity contribution in [3.05, 3.63) is 63.6 Å². The Balaban J connectivity index is 1.66. The number of aromatic nitrogens is 3. The summed E-state index contributed by atoms with van der Waals surface area (Å²) in [6, 6.07) is 9.35. The second-order valence-corrected chi connectivity index (χ2v) is 6.68. The predicted molar refractivity (Wildman–Crippen MR) is 98.4 cm³/mol. The van der Waals surface area contributed by atoms with Gasteiger partial charge >= 0.3 is 5.69 Å². The SMILES string of the molecule is O=c1ccn(-c2cccc3c2ccn3CCC2CCNCC2)c(=O)[nH]1. The van der Waals surface area contributed by atoms with Crippen LogP contribution < -0.4 is 16.6 Å². The van der Waals surface area contributed by atoms with E-state index in [1.165, 1.54) is 36.1 Å². The Kier molecular flexibility index (Phi) is 4.28. The molecule has 130 valence electrons. The van der Waals surface area contributed by atoms with E-state index in [0.717, 1.165) is 42.1 Å². The van der Waals surface area contributed by atoms with E-state index in [-0.39, 0.29) is 5.56 Å². The van der Waals surface area contributed by atoms with Crippen molar-refractivity contribution in [2.24, 2.45) is 5.92 Å². The minimum absolute atomic E-state index is 0.382. The molecular weight excluding hydrogens is 316 g/mol. The zero-order chi connectivity index (χ0) is 17.2. The number of hydrogen-bond acceptors (Lipinski definition) is 3. The smallest absolute Gasteiger partial charge is 0.332 e. The molecule has 2 aromatic heterocycles. The molecule has 0 atom stereocenters. The Morgan fingerprint density at radius 2 is 1.88 bits per heavy atom. The highest BCUT2D eigenvalue weighted by Crippen LogP contribution is 2.24. The minimum atomic E-state index is -0.414. The summed E-state index contributed by atoms with van der Waals surface area (Å²) < 4.78 is 3.75. The van der Waals surface area contributed by atoms with E-state index in [2.05, 4.69) is 27.1 Å². The first-order chi connectivity index (χ1) is 12.2. The molecule has 1 aliphatic heterocycles. The molecule has 2 N–H and O–H groups in total. The van der Waals surface area contributed by atoms with Crippen LogP contribution in [-0.2, 0) is 6.54 Å². The first-order valence-electron chi connectivity index (χ1n) is 8.83. The van der Waals surface area contributed by atoms with Crippen LogP contribution in [0.15, 0.2) is 52.3 Å². The molecule has 4 rings (SSSR count). The van der Waals surface area contributed by atoms with E-state index in [4.69, 9.17) is 0 Å². The van der Waals surface area contributed by atoms with E-state index < -0.39 is 5.69 Å². The Morgan fingerprint density at radius 3 is 2.68 bits per heavy atom. The summed E-state index contributed by atoms with van der Waals surface area (Å²) in [6.07, 6.45) is 7.29. The van der Waals surface area contributed by atoms with Crippen molar-refractivity contribution in [1.82, 2.24) is 19.4 Å². The summed E-state index contributed by atoms with van der Waals surface area (Å²) in [5.41, 5.74) is 1.11. The van der Waals surface area contributed by atoms with E-state index in [1.807, 2.05) is 18.2 Å². The number of nitrogens with one attached hydrogen (secondary N) is 2. The van der Waals surface area contributed by atoms with E-state index in [9.17, 15) is 9.59 Å². The third kappa shape index (κ3) is 3.17. The molecule has 3 aromatic rings. The van der Waals surface area contributed by atoms with Gasteiger partial charge in [0.1, 0.15) is 0 Å². The number of nitrogens with zero attached hydrogens (tertiary/aromatic N) is 2. The van der Waals surface area contributed by atoms with Crippen molar-refractivity contribution in [2.45, 2.75) is 25.8 Å². The number of piperidine rings is 1. The van der Waals surface area contributed by atoms with E-state index >= 15 is 0 Å². The molecule has 3 heterocycles. The van der Waals surface area contributed by atoms with Gasteiger partial charge in [0.25, 0.3) is 5.56 Å². The molecule has 0 spiro atoms. The summed E-state index contributed by atoms with van der Waals surface area (Å²) in [5, 5.41) is 4.42. The van der Waals surface area contributed by atoms with Gasteiger partial charge in [0.05, 0.1) is 11.2 Å². The standard InChI is InChI=1S/C19H22N4O2/c24-18-8-13-23(19(25)21-18)17-3-1-2-16-15(17)7-12-22(16)11-6-14-4-9-20-10-5-14/h1-3,7-8,12-14,20H,4-6,9-11H2,(H,21,24,25). The van der Waals surface area contributed by atoms with E-state index in [0.29, 0.717) is 0 Å². The summed E-state index contributed by atoms with van der Waals surface area (Å²) in [4.78, 5) is 25.7. The lowest BCUT2D eigenvalue weighted by atomic mass is 9.95. The van der Waals surface area contributed by atoms with Crippen LogP contribution in [0, 0.1) is 5.92 Å². The van der Waals surface area contributed by atoms with Crippen LogP contribution in [0.2, 0.25) is 0 Å². The number of rotatable bonds is 4. The Hall–Kier alpha value is -2.60. The van der Waals surface area contributed by atoms with Crippen LogP contribution in [0.4, 0.5) is 0 Å². The van der Waals surface area contributed by atoms with Crippen LogP contribution in [0.1, 0.15) is 19.3 Å². The molecule has 6 nitrogen and oxygen atoms in total. The Bertz CT molecular complexity index is 992. The van der Waals surface area contributed by atoms with Gasteiger partial charge in [-0.05, 0) is 56.5 Å². The maximum Gasteiger partial charge on any atom is 0.332 e. The molecule has 0 amide bonds. The molecule has 0 saturated carbocycles. The lowest BCUT2D eigenvalue weighted by Crippen LogP contribution is -2.28. The topological polar surface area (TPSA) is 71.8 Å². The predicted octanol–water partition coefficient (Wildman–Crippen LogP) is 1.87. The Morgan fingerprint density at radius 1 is 1.04 bits per heavy atom. The van der Waals surface area contributed by atoms with Crippen molar-refractivity contribution >= 4 is 10.9 Å². The lowest BCUT2D eigenvalue weighted by Gasteiger charge is -2.22. The maximum absolute atomic E-state index is 12.1. The fourth-order valence-corrected chi connectivity index (χ4v) is 3.71. The Labute approximate surface area is 145 Å². The van der Waals surface area contributed by atoms with Crippen LogP contribution in [-0.4, -0.2) is 27.2 Å². The van der Waals surface area contributed by atoms with Gasteiger partial charge in [0, 0.05) is 30.4 Å². The zero-order valence-corrected chi connectivity index (χ0v) is 14.1. The fraction of sp³-hybridized carbons (Fsp3) is 0.368. The van der Waals surface area contributed by atoms with Gasteiger partial charge in [-0.3, -0.25) is 14.3 Å². The zero-order valence-electron chi connectivity index (χ0n) is 14.1. The van der Waals surface area contributed by atoms with Gasteiger partial charge in [0.15, 0.2) is 0 Å². The molecule has 1 fully saturated rings. The average Bonchev–Trinajstić information content (AvgIpc) is 3.04. The van der Waals surface area contributed by atoms with Gasteiger partial charge < -0.3 is 9.88 Å². The maximum atomic E-state index is 12.1. The van der Waals surface area contributed by atoms with Crippen LogP contribution >= 0.6 is 0 Å². The largest absolute Gasteiger partial charge is 0.347 e. The molecule has 1 saturated heterocycles. The van der Waals surface area contributed by atoms with Crippen molar-refractivity contribution in [3.63, 3.8) is 0 Å². The molecule has 0 radical (unpaired) electrons. The highest BCUT2D eigenvalue weighted by Gasteiger charge is 2.14. The van der Waals surface area contributed by atoms with Gasteiger partial charge in [-0.25, -0.2) is 4.79 Å². The second-order valence-electron chi connectivity index (χ2n) is 6.68. The van der Waals surface area contributed by atoms with Crippen molar-refractivity contribution in [3.8, 4) is 5.69 Å². The first kappa shape index (κ1) is 15.9. The summed E-state index contributed by atoms with van der Waals surface area (Å²) in [6.45, 7) is 3.23. The number of aromatic amines is 1. The quantitative estimate of drug-likeness (QED) is 0.763. The highest BCUT2D eigenvalue weighted by atomic mass is 16.2. The monoisotopic (exact) mass is 338 g/mol. The third-order valence-corrected chi connectivity index (χ3v) is 5.11. The normalized spacial score (nSPS) is 15.7. The first-order valence-corrected chi connectivity index (χ1v) is 8.83. The van der Waals surface area contributed by atoms with Crippen LogP contribution in [0.5, 0.6) is 0 Å². The van der Waals surface area contributed by atoms with Crippen LogP contribution in [0.25, 0.3) is 16.6 Å². The van der Waals surface area contributed by atoms with Gasteiger partial charge in [-0.1, -0.05) is 6.07 Å². The van der Waals surface area contributed by atoms with Crippen LogP contribution in [0.3, 0.4) is 0 Å². The van der Waals surface area contributed by atoms with Crippen molar-refractivity contribution in [1.29, 1.82) is 0 Å². The number of fused-ring (bicyclic) bond motifs is 1. The third-order valence-electron chi connectivity index (χ3n) is 5.11. The number of benzene rings is 1. The van der Waals surface area contributed by atoms with Crippen molar-refractivity contribution < 1.29 is 0 Å². The second kappa shape index (κ2) is 6.72. The van der Waals surface area contributed by atoms with E-state index in [1.54, 1.807) is 0 Å². The molecular formula is C19H22N4O2. The molecule has 1 aliphatic rings. The average molecular weight is 338 g/mol. The van der Waals surface area contributed by atoms with Gasteiger partial charge in [-0.15, -0.1) is 0 Å². The number of H-pyrrole nitrogens is 1. The number of hydrogen-bond donors (Lipinski definition) is 2. The summed E-state index contributed by atoms with van der Waals surface area (Å²) in [5.74, 6) is 0.781. The van der Waals surface area contributed by atoms with Gasteiger partial charge in [-0.2, -0.15) is 0 Å². The van der Waals surface area contributed by atoms with Gasteiger partial charge in [0.2, 0.25) is 0 Å². The summed E-state index contributed by atoms with van der Waals surface area (Å²) >= 11 is 0. The fourth-order valence-electron chi connectivity index (χ4n) is 3.71. The molecule has 0 unspecified atom stereocenters. The molecule has 1 aromatic carbocycles. The highest BCUT2D eigenvalue weighted by molar-refractivity contribution is 5.88. The lowest BCUT2D eigenvalue weighted by molar-refractivity contribution is 0.339. The van der Waals surface area contributed by atoms with Crippen molar-refractivity contribution in [2.75, 3.05) is 13.1 Å². The number of aryl methyl sites for hydroxylation is 1. The molecule has 6 heteroatoms.